The van der Waals surface area contributed by atoms with Crippen molar-refractivity contribution >= 4 is 5.91 Å². The van der Waals surface area contributed by atoms with Crippen LogP contribution in [-0.2, 0) is 9.53 Å². The summed E-state index contributed by atoms with van der Waals surface area (Å²) in [4.78, 5) is 11.5. The Morgan fingerprint density at radius 3 is 2.78 bits per heavy atom. The first kappa shape index (κ1) is 14.1. The van der Waals surface area contributed by atoms with Crippen LogP contribution in [0.25, 0.3) is 0 Å². The summed E-state index contributed by atoms with van der Waals surface area (Å²) in [6, 6.07) is 0. The third kappa shape index (κ3) is 4.50. The highest BCUT2D eigenvalue weighted by Gasteiger charge is 2.13. The van der Waals surface area contributed by atoms with Gasteiger partial charge in [0.25, 0.3) is 0 Å². The normalized spacial score (nSPS) is 14.6. The summed E-state index contributed by atoms with van der Waals surface area (Å²) in [5.41, 5.74) is 1.27. The lowest BCUT2D eigenvalue weighted by Gasteiger charge is -2.03. The summed E-state index contributed by atoms with van der Waals surface area (Å²) in [7, 11) is 0. The zero-order valence-corrected chi connectivity index (χ0v) is 10.5. The Morgan fingerprint density at radius 2 is 2.17 bits per heavy atom. The summed E-state index contributed by atoms with van der Waals surface area (Å²) in [6.45, 7) is 4.27. The first-order valence-corrected chi connectivity index (χ1v) is 5.74. The van der Waals surface area contributed by atoms with Crippen molar-refractivity contribution in [2.24, 2.45) is 5.11 Å². The molecule has 6 heteroatoms. The van der Waals surface area contributed by atoms with Crippen LogP contribution in [0.15, 0.2) is 40.9 Å². The molecule has 0 saturated carbocycles. The average Bonchev–Trinajstić information content (AvgIpc) is 2.39. The van der Waals surface area contributed by atoms with Crippen LogP contribution in [0.3, 0.4) is 0 Å². The van der Waals surface area contributed by atoms with Crippen molar-refractivity contribution in [1.29, 1.82) is 0 Å². The molecule has 0 aliphatic carbocycles. The quantitative estimate of drug-likeness (QED) is 0.350. The van der Waals surface area contributed by atoms with Crippen LogP contribution in [0.1, 0.15) is 20.3 Å². The van der Waals surface area contributed by atoms with Gasteiger partial charge in [-0.05, 0) is 30.9 Å². The van der Waals surface area contributed by atoms with Gasteiger partial charge in [0.05, 0.1) is 6.61 Å². The summed E-state index contributed by atoms with van der Waals surface area (Å²) in [6.07, 6.45) is 7.03. The number of nitrogens with zero attached hydrogens (tertiary/aromatic N) is 2. The topological polar surface area (TPSA) is 76.8 Å². The van der Waals surface area contributed by atoms with E-state index in [0.29, 0.717) is 12.3 Å². The molecule has 0 bridgehead atoms. The smallest absolute Gasteiger partial charge is 0.425 e. The fourth-order valence-corrected chi connectivity index (χ4v) is 1.28. The number of nitrogens with one attached hydrogen (secondary N) is 1. The third-order valence-corrected chi connectivity index (χ3v) is 2.25. The van der Waals surface area contributed by atoms with Crippen LogP contribution in [0.2, 0.25) is 0 Å². The standard InChI is InChI=1S/C12H17N3O3/c1-3-18-9-6-12(16)15(17)14-10(2)11-4-7-13-8-5-11/h4-5,7-8,13H,3,6,9H2,1-2H3. The Hall–Kier alpha value is -1.95. The molecule has 1 aliphatic rings. The highest BCUT2D eigenvalue weighted by molar-refractivity contribution is 5.67. The highest BCUT2D eigenvalue weighted by atomic mass is 16.5. The lowest BCUT2D eigenvalue weighted by Crippen LogP contribution is -2.15. The molecule has 1 N–H and O–H groups in total. The largest absolute Gasteiger partial charge is 0.592 e. The fraction of sp³-hybridized carbons (Fsp3) is 0.417. The number of hydrogen-bond donors (Lipinski definition) is 1. The molecular weight excluding hydrogens is 234 g/mol. The Labute approximate surface area is 106 Å². The van der Waals surface area contributed by atoms with E-state index in [1.54, 1.807) is 31.5 Å². The first-order chi connectivity index (χ1) is 8.65. The number of amides is 1. The number of allylic oxidation sites excluding steroid dienone is 4. The van der Waals surface area contributed by atoms with E-state index in [9.17, 15) is 10.0 Å². The van der Waals surface area contributed by atoms with Gasteiger partial charge in [0.15, 0.2) is 0 Å². The molecule has 1 rings (SSSR count). The van der Waals surface area contributed by atoms with Gasteiger partial charge in [-0.1, -0.05) is 0 Å². The summed E-state index contributed by atoms with van der Waals surface area (Å²) in [5.74, 6) is -0.606. The minimum atomic E-state index is -0.606. The number of ether oxygens (including phenoxy) is 1. The number of rotatable bonds is 5. The summed E-state index contributed by atoms with van der Waals surface area (Å²) in [5, 5.41) is 18.0. The van der Waals surface area contributed by atoms with Crippen molar-refractivity contribution in [1.82, 2.24) is 5.32 Å². The number of azo groups is 1. The van der Waals surface area contributed by atoms with Gasteiger partial charge in [-0.15, -0.1) is 0 Å². The van der Waals surface area contributed by atoms with E-state index in [0.717, 1.165) is 5.57 Å². The van der Waals surface area contributed by atoms with E-state index in [1.165, 1.54) is 0 Å². The molecule has 0 unspecified atom stereocenters. The van der Waals surface area contributed by atoms with Crippen LogP contribution in [0, 0.1) is 5.21 Å². The van der Waals surface area contributed by atoms with Crippen LogP contribution < -0.4 is 5.32 Å². The maximum atomic E-state index is 11.4. The molecule has 0 aromatic heterocycles. The molecule has 0 atom stereocenters. The molecule has 18 heavy (non-hydrogen) atoms. The van der Waals surface area contributed by atoms with E-state index in [1.807, 2.05) is 6.92 Å². The first-order valence-electron chi connectivity index (χ1n) is 5.74. The number of dihydropyridines is 1. The number of carbonyl (C=O) groups is 1. The number of hydrogen-bond acceptors (Lipinski definition) is 5. The van der Waals surface area contributed by atoms with Crippen molar-refractivity contribution in [2.45, 2.75) is 20.3 Å². The second kappa shape index (κ2) is 7.39. The predicted octanol–water partition coefficient (Wildman–Crippen LogP) is 1.81. The average molecular weight is 251 g/mol. The Balaban J connectivity index is 2.64. The Bertz CT molecular complexity index is 408. The lowest BCUT2D eigenvalue weighted by atomic mass is 10.2. The van der Waals surface area contributed by atoms with Crippen LogP contribution in [0.4, 0.5) is 0 Å². The molecule has 0 radical (unpaired) electrons. The van der Waals surface area contributed by atoms with Gasteiger partial charge in [-0.25, -0.2) is 4.79 Å². The van der Waals surface area contributed by atoms with Gasteiger partial charge in [0, 0.05) is 29.7 Å². The van der Waals surface area contributed by atoms with Crippen molar-refractivity contribution in [2.75, 3.05) is 13.2 Å². The molecule has 1 heterocycles. The van der Waals surface area contributed by atoms with Gasteiger partial charge < -0.3 is 15.3 Å². The van der Waals surface area contributed by atoms with Gasteiger partial charge in [0.2, 0.25) is 0 Å². The second-order valence-corrected chi connectivity index (χ2v) is 3.59. The van der Waals surface area contributed by atoms with Crippen LogP contribution in [-0.4, -0.2) is 24.0 Å². The van der Waals surface area contributed by atoms with E-state index in [-0.39, 0.29) is 17.9 Å². The van der Waals surface area contributed by atoms with E-state index in [2.05, 4.69) is 10.4 Å². The van der Waals surface area contributed by atoms with Gasteiger partial charge >= 0.3 is 5.91 Å². The zero-order chi connectivity index (χ0) is 13.4. The van der Waals surface area contributed by atoms with Gasteiger partial charge in [-0.3, -0.25) is 0 Å². The number of hydroxylamine groups is 1. The van der Waals surface area contributed by atoms with Crippen molar-refractivity contribution < 1.29 is 14.4 Å². The molecule has 98 valence electrons. The number of carbonyl (C=O) groups excluding carboxylic acids is 1. The Kier molecular flexibility index (Phi) is 5.79. The van der Waals surface area contributed by atoms with E-state index in [4.69, 9.17) is 4.74 Å². The van der Waals surface area contributed by atoms with Crippen LogP contribution >= 0.6 is 0 Å². The molecule has 1 amide bonds. The molecule has 0 aromatic rings. The van der Waals surface area contributed by atoms with Crippen molar-refractivity contribution in [3.8, 4) is 0 Å². The van der Waals surface area contributed by atoms with Gasteiger partial charge in [-0.2, -0.15) is 0 Å². The van der Waals surface area contributed by atoms with Crippen molar-refractivity contribution in [3.63, 3.8) is 0 Å². The molecule has 0 aromatic carbocycles. The second-order valence-electron chi connectivity index (χ2n) is 3.59. The van der Waals surface area contributed by atoms with E-state index >= 15 is 0 Å². The summed E-state index contributed by atoms with van der Waals surface area (Å²) >= 11 is 0. The maximum absolute atomic E-state index is 11.4. The SMILES string of the molecule is CCOCCC(=O)[N+]([O-])=NC(C)=C1C=CNC=C1. The molecule has 0 saturated heterocycles. The Morgan fingerprint density at radius 1 is 1.50 bits per heavy atom. The fourth-order valence-electron chi connectivity index (χ4n) is 1.28. The third-order valence-electron chi connectivity index (χ3n) is 2.25. The molecule has 0 fully saturated rings. The van der Waals surface area contributed by atoms with E-state index < -0.39 is 5.91 Å². The van der Waals surface area contributed by atoms with Crippen LogP contribution in [0.5, 0.6) is 0 Å². The monoisotopic (exact) mass is 251 g/mol. The highest BCUT2D eigenvalue weighted by Crippen LogP contribution is 2.11. The minimum absolute atomic E-state index is 0.0384. The maximum Gasteiger partial charge on any atom is 0.425 e. The molecule has 0 spiro atoms. The minimum Gasteiger partial charge on any atom is -0.592 e. The molecule has 1 aliphatic heterocycles. The van der Waals surface area contributed by atoms with Gasteiger partial charge in [0.1, 0.15) is 12.1 Å². The van der Waals surface area contributed by atoms with Crippen molar-refractivity contribution in [3.05, 3.63) is 41.0 Å². The predicted molar refractivity (Wildman–Crippen MR) is 66.3 cm³/mol. The summed E-state index contributed by atoms with van der Waals surface area (Å²) < 4.78 is 5.00. The lowest BCUT2D eigenvalue weighted by molar-refractivity contribution is -0.448. The zero-order valence-electron chi connectivity index (χ0n) is 10.5. The molecular formula is C12H17N3O3. The molecule has 6 nitrogen and oxygen atoms in total.